The van der Waals surface area contributed by atoms with Crippen molar-refractivity contribution in [1.82, 2.24) is 5.32 Å². The zero-order valence-corrected chi connectivity index (χ0v) is 12.8. The largest absolute Gasteiger partial charge is 0.311 e. The highest BCUT2D eigenvalue weighted by molar-refractivity contribution is 4.83. The first kappa shape index (κ1) is 15.0. The van der Waals surface area contributed by atoms with Crippen LogP contribution in [0.5, 0.6) is 0 Å². The van der Waals surface area contributed by atoms with E-state index in [-0.39, 0.29) is 0 Å². The van der Waals surface area contributed by atoms with Crippen molar-refractivity contribution in [3.63, 3.8) is 0 Å². The Labute approximate surface area is 109 Å². The van der Waals surface area contributed by atoms with E-state index in [1.165, 1.54) is 25.7 Å². The quantitative estimate of drug-likeness (QED) is 0.746. The summed E-state index contributed by atoms with van der Waals surface area (Å²) in [7, 11) is 0. The molecule has 0 saturated heterocycles. The molecule has 1 N–H and O–H groups in total. The highest BCUT2D eigenvalue weighted by atomic mass is 15.0. The topological polar surface area (TPSA) is 12.0 Å². The lowest BCUT2D eigenvalue weighted by Gasteiger charge is -2.36. The van der Waals surface area contributed by atoms with Gasteiger partial charge in [0, 0.05) is 12.1 Å². The fourth-order valence-corrected chi connectivity index (χ4v) is 3.38. The van der Waals surface area contributed by atoms with Crippen LogP contribution >= 0.6 is 0 Å². The van der Waals surface area contributed by atoms with Crippen LogP contribution < -0.4 is 5.32 Å². The summed E-state index contributed by atoms with van der Waals surface area (Å²) in [6, 6.07) is 1.47. The van der Waals surface area contributed by atoms with Gasteiger partial charge in [-0.05, 0) is 49.4 Å². The minimum Gasteiger partial charge on any atom is -0.311 e. The number of rotatable bonds is 5. The maximum Gasteiger partial charge on any atom is 0.0116 e. The Morgan fingerprint density at radius 3 is 1.59 bits per heavy atom. The van der Waals surface area contributed by atoms with Crippen molar-refractivity contribution in [2.75, 3.05) is 0 Å². The second kappa shape index (κ2) is 6.78. The molecule has 0 radical (unpaired) electrons. The van der Waals surface area contributed by atoms with Crippen molar-refractivity contribution >= 4 is 0 Å². The summed E-state index contributed by atoms with van der Waals surface area (Å²) in [5.41, 5.74) is 0. The van der Waals surface area contributed by atoms with Crippen LogP contribution in [-0.4, -0.2) is 12.1 Å². The fraction of sp³-hybridized carbons (Fsp3) is 1.00. The standard InChI is InChI=1S/C16H33N/c1-11(2)14-7-9-15(10-8-14)17-16(12(3)4)13(5)6/h11-17H,7-10H2,1-6H3. The smallest absolute Gasteiger partial charge is 0.0116 e. The molecule has 102 valence electrons. The number of hydrogen-bond acceptors (Lipinski definition) is 1. The second-order valence-electron chi connectivity index (χ2n) is 7.04. The predicted molar refractivity (Wildman–Crippen MR) is 77.2 cm³/mol. The highest BCUT2D eigenvalue weighted by Crippen LogP contribution is 2.30. The third-order valence-electron chi connectivity index (χ3n) is 4.58. The molecule has 17 heavy (non-hydrogen) atoms. The van der Waals surface area contributed by atoms with Crippen molar-refractivity contribution in [1.29, 1.82) is 0 Å². The van der Waals surface area contributed by atoms with Gasteiger partial charge in [0.2, 0.25) is 0 Å². The van der Waals surface area contributed by atoms with Gasteiger partial charge in [-0.1, -0.05) is 41.5 Å². The number of hydrogen-bond donors (Lipinski definition) is 1. The van der Waals surface area contributed by atoms with E-state index in [0.717, 1.165) is 29.7 Å². The van der Waals surface area contributed by atoms with Crippen LogP contribution in [-0.2, 0) is 0 Å². The van der Waals surface area contributed by atoms with Crippen molar-refractivity contribution in [3.05, 3.63) is 0 Å². The van der Waals surface area contributed by atoms with E-state index in [1.54, 1.807) is 0 Å². The zero-order valence-electron chi connectivity index (χ0n) is 12.8. The monoisotopic (exact) mass is 239 g/mol. The van der Waals surface area contributed by atoms with Crippen LogP contribution in [0.25, 0.3) is 0 Å². The van der Waals surface area contributed by atoms with Gasteiger partial charge in [0.05, 0.1) is 0 Å². The molecule has 0 amide bonds. The molecule has 0 aromatic rings. The van der Waals surface area contributed by atoms with Gasteiger partial charge in [0.1, 0.15) is 0 Å². The molecule has 0 unspecified atom stereocenters. The third kappa shape index (κ3) is 4.62. The summed E-state index contributed by atoms with van der Waals surface area (Å²) < 4.78 is 0. The third-order valence-corrected chi connectivity index (χ3v) is 4.58. The summed E-state index contributed by atoms with van der Waals surface area (Å²) in [6.07, 6.45) is 5.63. The molecule has 0 aromatic heterocycles. The van der Waals surface area contributed by atoms with E-state index in [9.17, 15) is 0 Å². The first-order valence-electron chi connectivity index (χ1n) is 7.67. The first-order valence-corrected chi connectivity index (χ1v) is 7.67. The summed E-state index contributed by atoms with van der Waals surface area (Å²) >= 11 is 0. The Bertz CT molecular complexity index is 192. The van der Waals surface area contributed by atoms with Gasteiger partial charge in [0.25, 0.3) is 0 Å². The Morgan fingerprint density at radius 2 is 1.24 bits per heavy atom. The molecule has 1 saturated carbocycles. The van der Waals surface area contributed by atoms with Gasteiger partial charge in [-0.25, -0.2) is 0 Å². The van der Waals surface area contributed by atoms with E-state index in [2.05, 4.69) is 46.9 Å². The van der Waals surface area contributed by atoms with Gasteiger partial charge in [-0.3, -0.25) is 0 Å². The number of nitrogens with one attached hydrogen (secondary N) is 1. The molecule has 1 aliphatic carbocycles. The molecule has 0 heterocycles. The normalized spacial score (nSPS) is 26.5. The molecule has 1 aliphatic rings. The van der Waals surface area contributed by atoms with Crippen molar-refractivity contribution in [2.24, 2.45) is 23.7 Å². The lowest BCUT2D eigenvalue weighted by molar-refractivity contribution is 0.200. The second-order valence-corrected chi connectivity index (χ2v) is 7.04. The van der Waals surface area contributed by atoms with Crippen molar-refractivity contribution in [2.45, 2.75) is 79.3 Å². The van der Waals surface area contributed by atoms with Gasteiger partial charge in [-0.2, -0.15) is 0 Å². The molecule has 0 spiro atoms. The Morgan fingerprint density at radius 1 is 0.765 bits per heavy atom. The van der Waals surface area contributed by atoms with Gasteiger partial charge in [-0.15, -0.1) is 0 Å². The lowest BCUT2D eigenvalue weighted by Crippen LogP contribution is -2.46. The lowest BCUT2D eigenvalue weighted by atomic mass is 9.79. The highest BCUT2D eigenvalue weighted by Gasteiger charge is 2.26. The predicted octanol–water partition coefficient (Wildman–Crippen LogP) is 4.47. The molecule has 1 nitrogen and oxygen atoms in total. The van der Waals surface area contributed by atoms with E-state index < -0.39 is 0 Å². The van der Waals surface area contributed by atoms with Crippen LogP contribution in [0.2, 0.25) is 0 Å². The molecule has 0 aliphatic heterocycles. The first-order chi connectivity index (χ1) is 7.91. The molecule has 1 fully saturated rings. The van der Waals surface area contributed by atoms with E-state index in [0.29, 0.717) is 6.04 Å². The zero-order chi connectivity index (χ0) is 13.0. The SMILES string of the molecule is CC(C)C1CCC(NC(C(C)C)C(C)C)CC1. The fourth-order valence-electron chi connectivity index (χ4n) is 3.38. The molecule has 0 bridgehead atoms. The van der Waals surface area contributed by atoms with Crippen LogP contribution in [0.4, 0.5) is 0 Å². The van der Waals surface area contributed by atoms with Gasteiger partial charge >= 0.3 is 0 Å². The molecular weight excluding hydrogens is 206 g/mol. The Kier molecular flexibility index (Phi) is 5.99. The Balaban J connectivity index is 2.38. The van der Waals surface area contributed by atoms with E-state index in [4.69, 9.17) is 0 Å². The molecule has 1 heteroatoms. The van der Waals surface area contributed by atoms with E-state index >= 15 is 0 Å². The van der Waals surface area contributed by atoms with Gasteiger partial charge in [0.15, 0.2) is 0 Å². The molecular formula is C16H33N. The van der Waals surface area contributed by atoms with Crippen molar-refractivity contribution < 1.29 is 0 Å². The summed E-state index contributed by atoms with van der Waals surface area (Å²) in [5, 5.41) is 3.91. The minimum atomic E-state index is 0.690. The maximum absolute atomic E-state index is 3.91. The average molecular weight is 239 g/mol. The summed E-state index contributed by atoms with van der Waals surface area (Å²) in [6.45, 7) is 14.1. The van der Waals surface area contributed by atoms with Crippen LogP contribution in [0.3, 0.4) is 0 Å². The molecule has 0 atom stereocenters. The molecule has 1 rings (SSSR count). The average Bonchev–Trinajstić information content (AvgIpc) is 2.25. The van der Waals surface area contributed by atoms with Crippen LogP contribution in [0.1, 0.15) is 67.2 Å². The summed E-state index contributed by atoms with van der Waals surface area (Å²) in [4.78, 5) is 0. The molecule has 0 aromatic carbocycles. The summed E-state index contributed by atoms with van der Waals surface area (Å²) in [5.74, 6) is 3.35. The maximum atomic E-state index is 3.91. The van der Waals surface area contributed by atoms with Gasteiger partial charge < -0.3 is 5.32 Å². The van der Waals surface area contributed by atoms with Crippen LogP contribution in [0.15, 0.2) is 0 Å². The van der Waals surface area contributed by atoms with Crippen LogP contribution in [0, 0.1) is 23.7 Å². The minimum absolute atomic E-state index is 0.690. The Hall–Kier alpha value is -0.0400. The van der Waals surface area contributed by atoms with E-state index in [1.807, 2.05) is 0 Å². The van der Waals surface area contributed by atoms with Crippen molar-refractivity contribution in [3.8, 4) is 0 Å².